The first-order valence-corrected chi connectivity index (χ1v) is 10.4. The van der Waals surface area contributed by atoms with Crippen LogP contribution in [0, 0.1) is 6.92 Å². The van der Waals surface area contributed by atoms with Crippen molar-refractivity contribution >= 4 is 56.8 Å². The number of hydroxylamine groups is 1. The van der Waals surface area contributed by atoms with Crippen LogP contribution in [0.3, 0.4) is 0 Å². The number of hydrogen-bond acceptors (Lipinski definition) is 8. The van der Waals surface area contributed by atoms with Gasteiger partial charge in [0.2, 0.25) is 6.79 Å². The first-order valence-electron chi connectivity index (χ1n) is 8.05. The molecule has 0 unspecified atom stereocenters. The number of nitrogens with zero attached hydrogens (tertiary/aromatic N) is 2. The summed E-state index contributed by atoms with van der Waals surface area (Å²) < 4.78 is 37.4. The van der Waals surface area contributed by atoms with Gasteiger partial charge >= 0.3 is 0 Å². The summed E-state index contributed by atoms with van der Waals surface area (Å²) in [6, 6.07) is 4.93. The number of hydrazine groups is 1. The van der Waals surface area contributed by atoms with E-state index in [1.165, 1.54) is 29.0 Å². The monoisotopic (exact) mass is 431 g/mol. The zero-order valence-electron chi connectivity index (χ0n) is 15.3. The van der Waals surface area contributed by atoms with E-state index in [9.17, 15) is 13.2 Å². The molecule has 3 heterocycles. The van der Waals surface area contributed by atoms with E-state index in [0.29, 0.717) is 21.5 Å². The van der Waals surface area contributed by atoms with Gasteiger partial charge in [0.25, 0.3) is 15.9 Å². The molecule has 28 heavy (non-hydrogen) atoms. The van der Waals surface area contributed by atoms with E-state index in [1.807, 2.05) is 6.92 Å². The Morgan fingerprint density at radius 1 is 1.29 bits per heavy atom. The molecule has 2 aliphatic heterocycles. The molecule has 143 valence electrons. The number of ether oxygens (including phenoxy) is 2. The summed E-state index contributed by atoms with van der Waals surface area (Å²) in [4.78, 5) is 18.3. The molecule has 4 rings (SSSR count). The van der Waals surface area contributed by atoms with Crippen molar-refractivity contribution in [1.82, 2.24) is 9.59 Å². The number of thiophene rings is 1. The van der Waals surface area contributed by atoms with Crippen molar-refractivity contribution in [1.29, 1.82) is 0 Å². The SMILES string of the molecule is Cc1cc2c(cc1CC(=O)N(N1CC=CO1)S(=O)(=O)c1ccsc1)OCO2.[Na]. The van der Waals surface area contributed by atoms with E-state index < -0.39 is 15.9 Å². The van der Waals surface area contributed by atoms with Gasteiger partial charge in [-0.3, -0.25) is 4.79 Å². The first-order chi connectivity index (χ1) is 13.0. The Labute approximate surface area is 188 Å². The van der Waals surface area contributed by atoms with Crippen molar-refractivity contribution in [2.45, 2.75) is 18.2 Å². The minimum absolute atomic E-state index is 0. The summed E-state index contributed by atoms with van der Waals surface area (Å²) in [5.41, 5.74) is 1.46. The van der Waals surface area contributed by atoms with Gasteiger partial charge in [0.05, 0.1) is 17.9 Å². The number of benzene rings is 1. The summed E-state index contributed by atoms with van der Waals surface area (Å²) in [7, 11) is -4.09. The normalized spacial score (nSPS) is 15.2. The average Bonchev–Trinajstić information content (AvgIpc) is 3.37. The van der Waals surface area contributed by atoms with E-state index in [-0.39, 0.29) is 54.2 Å². The van der Waals surface area contributed by atoms with E-state index in [1.54, 1.807) is 23.6 Å². The van der Waals surface area contributed by atoms with Crippen molar-refractivity contribution in [2.24, 2.45) is 0 Å². The molecule has 8 nitrogen and oxygen atoms in total. The number of amides is 1. The maximum atomic E-state index is 13.0. The molecular formula is C17H16N2NaO6S2. The summed E-state index contributed by atoms with van der Waals surface area (Å²) in [6.07, 6.45) is 2.83. The number of hydrogen-bond donors (Lipinski definition) is 0. The van der Waals surface area contributed by atoms with Crippen LogP contribution in [0.15, 0.2) is 46.2 Å². The molecule has 2 aromatic rings. The molecule has 1 amide bonds. The predicted molar refractivity (Wildman–Crippen MR) is 102 cm³/mol. The van der Waals surface area contributed by atoms with Crippen LogP contribution in [-0.4, -0.2) is 66.8 Å². The van der Waals surface area contributed by atoms with Gasteiger partial charge in [-0.15, -0.1) is 4.41 Å². The van der Waals surface area contributed by atoms with Crippen molar-refractivity contribution in [3.05, 3.63) is 52.4 Å². The Bertz CT molecular complexity index is 999. The van der Waals surface area contributed by atoms with E-state index >= 15 is 0 Å². The van der Waals surface area contributed by atoms with Crippen molar-refractivity contribution in [3.8, 4) is 11.5 Å². The molecule has 0 spiro atoms. The molecule has 0 aliphatic carbocycles. The molecule has 11 heteroatoms. The van der Waals surface area contributed by atoms with Crippen LogP contribution in [-0.2, 0) is 26.1 Å². The van der Waals surface area contributed by atoms with E-state index in [2.05, 4.69) is 0 Å². The van der Waals surface area contributed by atoms with Crippen molar-refractivity contribution in [3.63, 3.8) is 0 Å². The van der Waals surface area contributed by atoms with Gasteiger partial charge in [-0.2, -0.15) is 19.8 Å². The van der Waals surface area contributed by atoms with Gasteiger partial charge in [0.15, 0.2) is 11.5 Å². The summed E-state index contributed by atoms with van der Waals surface area (Å²) >= 11 is 1.24. The maximum Gasteiger partial charge on any atom is 0.283 e. The molecule has 1 aromatic heterocycles. The molecule has 0 N–H and O–H groups in total. The Hall–Kier alpha value is -1.56. The van der Waals surface area contributed by atoms with Gasteiger partial charge in [-0.25, -0.2) is 0 Å². The Morgan fingerprint density at radius 3 is 2.68 bits per heavy atom. The van der Waals surface area contributed by atoms with Crippen LogP contribution < -0.4 is 9.47 Å². The molecule has 1 radical (unpaired) electrons. The molecule has 0 bridgehead atoms. The van der Waals surface area contributed by atoms with Crippen LogP contribution in [0.2, 0.25) is 0 Å². The summed E-state index contributed by atoms with van der Waals surface area (Å²) in [5, 5.41) is 4.14. The Morgan fingerprint density at radius 2 is 2.04 bits per heavy atom. The number of fused-ring (bicyclic) bond motifs is 1. The van der Waals surface area contributed by atoms with E-state index in [4.69, 9.17) is 14.3 Å². The number of rotatable bonds is 5. The maximum absolute atomic E-state index is 13.0. The molecule has 0 saturated heterocycles. The van der Waals surface area contributed by atoms with Crippen molar-refractivity contribution in [2.75, 3.05) is 13.3 Å². The predicted octanol–water partition coefficient (Wildman–Crippen LogP) is 1.84. The summed E-state index contributed by atoms with van der Waals surface area (Å²) in [5.74, 6) is 0.514. The second-order valence-electron chi connectivity index (χ2n) is 5.92. The van der Waals surface area contributed by atoms with Crippen LogP contribution >= 0.6 is 11.3 Å². The Kier molecular flexibility index (Phi) is 6.37. The van der Waals surface area contributed by atoms with Crippen molar-refractivity contribution < 1.29 is 27.5 Å². The zero-order valence-corrected chi connectivity index (χ0v) is 19.0. The van der Waals surface area contributed by atoms with E-state index in [0.717, 1.165) is 10.7 Å². The number of carbonyl (C=O) groups is 1. The average molecular weight is 431 g/mol. The van der Waals surface area contributed by atoms with Gasteiger partial charge in [-0.1, -0.05) is 0 Å². The second kappa shape index (κ2) is 8.44. The Balaban J connectivity index is 0.00000225. The van der Waals surface area contributed by atoms with Crippen LogP contribution in [0.5, 0.6) is 11.5 Å². The first kappa shape index (κ1) is 21.2. The number of aryl methyl sites for hydroxylation is 1. The van der Waals surface area contributed by atoms with Gasteiger partial charge in [0, 0.05) is 34.9 Å². The molecule has 0 atom stereocenters. The minimum Gasteiger partial charge on any atom is -0.454 e. The fourth-order valence-corrected chi connectivity index (χ4v) is 5.16. The third-order valence-electron chi connectivity index (χ3n) is 4.15. The third kappa shape index (κ3) is 3.93. The topological polar surface area (TPSA) is 85.4 Å². The van der Waals surface area contributed by atoms with Gasteiger partial charge in [-0.05, 0) is 52.9 Å². The molecule has 1 aromatic carbocycles. The standard InChI is InChI=1S/C17H16N2O6S2.Na/c1-12-7-15-16(24-11-23-15)8-13(12)9-17(20)19(18-4-2-5-25-18)27(21,22)14-3-6-26-10-14;/h2-3,5-8,10H,4,9,11H2,1H3;. The fourth-order valence-electron chi connectivity index (χ4n) is 2.79. The van der Waals surface area contributed by atoms with Crippen LogP contribution in [0.1, 0.15) is 11.1 Å². The molecule has 2 aliphatic rings. The zero-order chi connectivity index (χ0) is 19.0. The number of sulfonamides is 1. The smallest absolute Gasteiger partial charge is 0.283 e. The largest absolute Gasteiger partial charge is 0.454 e. The third-order valence-corrected chi connectivity index (χ3v) is 6.67. The fraction of sp³-hybridized carbons (Fsp3) is 0.235. The molecule has 0 saturated carbocycles. The minimum atomic E-state index is -4.09. The van der Waals surface area contributed by atoms with Gasteiger partial charge < -0.3 is 14.3 Å². The van der Waals surface area contributed by atoms with Gasteiger partial charge in [0.1, 0.15) is 6.26 Å². The quantitative estimate of drug-likeness (QED) is 0.668. The summed E-state index contributed by atoms with van der Waals surface area (Å²) in [6.45, 7) is 2.10. The van der Waals surface area contributed by atoms with Crippen LogP contribution in [0.4, 0.5) is 0 Å². The van der Waals surface area contributed by atoms with Crippen LogP contribution in [0.25, 0.3) is 0 Å². The number of carbonyl (C=O) groups excluding carboxylic acids is 1. The second-order valence-corrected chi connectivity index (χ2v) is 8.47. The molecule has 0 fully saturated rings. The molecular weight excluding hydrogens is 415 g/mol.